The molecule has 4 rings (SSSR count). The summed E-state index contributed by atoms with van der Waals surface area (Å²) in [5.74, 6) is 6.95. The molecule has 8 nitrogen and oxygen atoms in total. The molecule has 1 aliphatic rings. The van der Waals surface area contributed by atoms with Gasteiger partial charge in [0.2, 0.25) is 5.88 Å². The van der Waals surface area contributed by atoms with Crippen molar-refractivity contribution in [3.63, 3.8) is 0 Å². The predicted octanol–water partition coefficient (Wildman–Crippen LogP) is 4.33. The molecule has 3 aromatic carbocycles. The van der Waals surface area contributed by atoms with Crippen molar-refractivity contribution in [2.75, 3.05) is 7.11 Å². The van der Waals surface area contributed by atoms with Crippen LogP contribution in [0.25, 0.3) is 0 Å². The first kappa shape index (κ1) is 25.4. The number of nitrogens with zero attached hydrogens (tertiary/aromatic N) is 3. The summed E-state index contributed by atoms with van der Waals surface area (Å²) < 4.78 is 55.9. The summed E-state index contributed by atoms with van der Waals surface area (Å²) in [6.07, 6.45) is -5.39. The summed E-state index contributed by atoms with van der Waals surface area (Å²) in [7, 11) is 1.45. The van der Waals surface area contributed by atoms with E-state index in [4.69, 9.17) is 25.8 Å². The van der Waals surface area contributed by atoms with E-state index in [1.807, 2.05) is 36.4 Å². The zero-order chi connectivity index (χ0) is 26.6. The van der Waals surface area contributed by atoms with Crippen molar-refractivity contribution in [3.8, 4) is 23.3 Å². The number of methoxy groups -OCH3 is 1. The Hall–Kier alpha value is -4.69. The van der Waals surface area contributed by atoms with Crippen LogP contribution in [0.15, 0.2) is 89.4 Å². The lowest BCUT2D eigenvalue weighted by Gasteiger charge is -2.33. The van der Waals surface area contributed by atoms with E-state index in [9.17, 15) is 18.4 Å². The first-order valence-electron chi connectivity index (χ1n) is 10.9. The monoisotopic (exact) mass is 509 g/mol. The van der Waals surface area contributed by atoms with Gasteiger partial charge in [0.05, 0.1) is 30.0 Å². The third-order valence-electron chi connectivity index (χ3n) is 5.38. The maximum atomic E-state index is 13.0. The highest BCUT2D eigenvalue weighted by Gasteiger charge is 2.32. The summed E-state index contributed by atoms with van der Waals surface area (Å²) in [6, 6.07) is 20.1. The summed E-state index contributed by atoms with van der Waals surface area (Å²) in [6.45, 7) is 0. The van der Waals surface area contributed by atoms with Crippen LogP contribution in [-0.2, 0) is 12.6 Å². The highest BCUT2D eigenvalue weighted by atomic mass is 19.4. The van der Waals surface area contributed by atoms with Gasteiger partial charge in [-0.3, -0.25) is 0 Å². The van der Waals surface area contributed by atoms with Crippen LogP contribution in [-0.4, -0.2) is 24.2 Å². The molecule has 3 aromatic rings. The molecule has 1 heterocycles. The van der Waals surface area contributed by atoms with Crippen LogP contribution in [0.4, 0.5) is 13.2 Å². The molecule has 1 unspecified atom stereocenters. The molecular formula is C26H22F3N5O3. The van der Waals surface area contributed by atoms with Gasteiger partial charge in [0.1, 0.15) is 22.9 Å². The smallest absolute Gasteiger partial charge is 0.416 e. The van der Waals surface area contributed by atoms with Gasteiger partial charge in [-0.15, -0.1) is 0 Å². The quantitative estimate of drug-likeness (QED) is 0.455. The number of alkyl halides is 3. The zero-order valence-corrected chi connectivity index (χ0v) is 19.6. The van der Waals surface area contributed by atoms with E-state index in [-0.39, 0.29) is 28.6 Å². The number of nitrogens with two attached hydrogens (primary N) is 2. The second-order valence-corrected chi connectivity index (χ2v) is 7.94. The highest BCUT2D eigenvalue weighted by molar-refractivity contribution is 6.01. The summed E-state index contributed by atoms with van der Waals surface area (Å²) in [4.78, 5) is 4.50. The Balaban J connectivity index is 1.68. The maximum absolute atomic E-state index is 13.0. The van der Waals surface area contributed by atoms with Crippen molar-refractivity contribution < 1.29 is 27.4 Å². The summed E-state index contributed by atoms with van der Waals surface area (Å²) >= 11 is 0. The van der Waals surface area contributed by atoms with Crippen LogP contribution >= 0.6 is 0 Å². The fraction of sp³-hybridized carbons (Fsp3) is 0.154. The number of nitriles is 1. The van der Waals surface area contributed by atoms with Crippen molar-refractivity contribution >= 4 is 5.71 Å². The molecule has 11 heteroatoms. The minimum Gasteiger partial charge on any atom is -0.497 e. The van der Waals surface area contributed by atoms with E-state index in [0.717, 1.165) is 22.7 Å². The second-order valence-electron chi connectivity index (χ2n) is 7.94. The van der Waals surface area contributed by atoms with Gasteiger partial charge in [0, 0.05) is 12.5 Å². The Kier molecular flexibility index (Phi) is 7.22. The van der Waals surface area contributed by atoms with Gasteiger partial charge in [-0.25, -0.2) is 15.8 Å². The lowest BCUT2D eigenvalue weighted by molar-refractivity contribution is -0.137. The van der Waals surface area contributed by atoms with E-state index >= 15 is 0 Å². The number of ether oxygens (including phenoxy) is 3. The molecular weight excluding hydrogens is 487 g/mol. The lowest BCUT2D eigenvalue weighted by atomic mass is 10.1. The minimum atomic E-state index is -4.48. The topological polar surface area (TPSA) is 119 Å². The van der Waals surface area contributed by atoms with Gasteiger partial charge in [0.15, 0.2) is 0 Å². The maximum Gasteiger partial charge on any atom is 0.416 e. The summed E-state index contributed by atoms with van der Waals surface area (Å²) in [5, 5.41) is 10.4. The summed E-state index contributed by atoms with van der Waals surface area (Å²) in [5.41, 5.74) is 7.28. The largest absolute Gasteiger partial charge is 0.497 e. The number of hydrazine groups is 1. The number of hydrogen-bond acceptors (Lipinski definition) is 8. The SMILES string of the molecule is COc1cc(C#N)cc(OC2=C(N)C(Cc3ccccc3)=NC(Oc3ccc(C(F)(F)F)cc3)N2N)c1. The molecule has 0 saturated carbocycles. The molecule has 0 amide bonds. The van der Waals surface area contributed by atoms with Crippen LogP contribution in [0.5, 0.6) is 17.2 Å². The Morgan fingerprint density at radius 1 is 1.00 bits per heavy atom. The van der Waals surface area contributed by atoms with Crippen molar-refractivity contribution in [1.82, 2.24) is 5.01 Å². The standard InChI is InChI=1S/C26H22F3N5O3/c1-35-20-11-17(15-30)12-21(14-20)36-24-23(31)22(13-16-5-3-2-4-6-16)33-25(34(24)32)37-19-9-7-18(8-10-19)26(27,28)29/h2-12,14,25H,13,31-32H2,1H3. The number of allylic oxidation sites excluding steroid dienone is 1. The molecule has 0 aromatic heterocycles. The Bertz CT molecular complexity index is 1370. The van der Waals surface area contributed by atoms with Crippen molar-refractivity contribution in [3.05, 3.63) is 101 Å². The first-order valence-corrected chi connectivity index (χ1v) is 10.9. The van der Waals surface area contributed by atoms with Crippen molar-refractivity contribution in [2.45, 2.75) is 18.9 Å². The third-order valence-corrected chi connectivity index (χ3v) is 5.38. The fourth-order valence-electron chi connectivity index (χ4n) is 3.52. The van der Waals surface area contributed by atoms with E-state index in [1.54, 1.807) is 6.07 Å². The van der Waals surface area contributed by atoms with Gasteiger partial charge in [-0.1, -0.05) is 30.3 Å². The van der Waals surface area contributed by atoms with Crippen LogP contribution in [0.3, 0.4) is 0 Å². The molecule has 4 N–H and O–H groups in total. The van der Waals surface area contributed by atoms with Gasteiger partial charge in [-0.2, -0.15) is 18.4 Å². The Morgan fingerprint density at radius 3 is 2.30 bits per heavy atom. The van der Waals surface area contributed by atoms with Crippen LogP contribution in [0.2, 0.25) is 0 Å². The number of rotatable bonds is 7. The van der Waals surface area contributed by atoms with Crippen LogP contribution in [0, 0.1) is 11.3 Å². The van der Waals surface area contributed by atoms with E-state index < -0.39 is 18.1 Å². The van der Waals surface area contributed by atoms with Gasteiger partial charge >= 0.3 is 6.18 Å². The molecule has 1 aliphatic heterocycles. The van der Waals surface area contributed by atoms with Gasteiger partial charge in [0.25, 0.3) is 6.35 Å². The molecule has 0 aliphatic carbocycles. The molecule has 0 bridgehead atoms. The average molecular weight is 509 g/mol. The Labute approximate surface area is 210 Å². The van der Waals surface area contributed by atoms with Gasteiger partial charge in [-0.05, 0) is 42.0 Å². The number of halogens is 3. The van der Waals surface area contributed by atoms with Crippen LogP contribution < -0.4 is 25.8 Å². The molecule has 0 spiro atoms. The third kappa shape index (κ3) is 5.94. The lowest BCUT2D eigenvalue weighted by Crippen LogP contribution is -2.49. The number of hydrogen-bond donors (Lipinski definition) is 2. The van der Waals surface area contributed by atoms with Gasteiger partial charge < -0.3 is 19.9 Å². The van der Waals surface area contributed by atoms with Crippen molar-refractivity contribution in [2.24, 2.45) is 16.6 Å². The van der Waals surface area contributed by atoms with Crippen LogP contribution in [0.1, 0.15) is 16.7 Å². The number of aliphatic imine (C=N–C) groups is 1. The molecule has 0 radical (unpaired) electrons. The second kappa shape index (κ2) is 10.5. The first-order chi connectivity index (χ1) is 17.7. The molecule has 1 atom stereocenters. The van der Waals surface area contributed by atoms with E-state index in [0.29, 0.717) is 17.9 Å². The minimum absolute atomic E-state index is 0.0185. The molecule has 0 fully saturated rings. The molecule has 0 saturated heterocycles. The van der Waals surface area contributed by atoms with E-state index in [1.165, 1.54) is 31.4 Å². The molecule has 190 valence electrons. The van der Waals surface area contributed by atoms with E-state index in [2.05, 4.69) is 4.99 Å². The average Bonchev–Trinajstić information content (AvgIpc) is 2.89. The molecule has 37 heavy (non-hydrogen) atoms. The normalized spacial score (nSPS) is 15.6. The van der Waals surface area contributed by atoms with Crippen molar-refractivity contribution in [1.29, 1.82) is 5.26 Å². The predicted molar refractivity (Wildman–Crippen MR) is 129 cm³/mol. The number of benzene rings is 3. The highest BCUT2D eigenvalue weighted by Crippen LogP contribution is 2.32. The fourth-order valence-corrected chi connectivity index (χ4v) is 3.52. The zero-order valence-electron chi connectivity index (χ0n) is 19.6. The Morgan fingerprint density at radius 2 is 1.68 bits per heavy atom.